The minimum Gasteiger partial charge on any atom is -0.454 e. The van der Waals surface area contributed by atoms with Crippen LogP contribution in [0, 0.1) is 5.82 Å². The van der Waals surface area contributed by atoms with Crippen molar-refractivity contribution in [2.24, 2.45) is 5.10 Å². The molecule has 0 unspecified atom stereocenters. The van der Waals surface area contributed by atoms with E-state index in [9.17, 15) is 4.39 Å². The first kappa shape index (κ1) is 17.1. The molecule has 0 fully saturated rings. The molecule has 0 aliphatic carbocycles. The zero-order chi connectivity index (χ0) is 17.9. The molecule has 2 aliphatic heterocycles. The van der Waals surface area contributed by atoms with Crippen LogP contribution in [0.25, 0.3) is 0 Å². The zero-order valence-electron chi connectivity index (χ0n) is 13.8. The Hall–Kier alpha value is -2.32. The molecule has 134 valence electrons. The summed E-state index contributed by atoms with van der Waals surface area (Å²) in [6.07, 6.45) is 0.763. The van der Waals surface area contributed by atoms with E-state index in [0.29, 0.717) is 11.7 Å². The van der Waals surface area contributed by atoms with Gasteiger partial charge in [-0.25, -0.2) is 4.39 Å². The Morgan fingerprint density at radius 1 is 1.19 bits per heavy atom. The zero-order valence-corrected chi connectivity index (χ0v) is 15.4. The summed E-state index contributed by atoms with van der Waals surface area (Å²) < 4.78 is 24.2. The van der Waals surface area contributed by atoms with Gasteiger partial charge in [-0.1, -0.05) is 6.07 Å². The molecule has 2 N–H and O–H groups in total. The third kappa shape index (κ3) is 3.76. The van der Waals surface area contributed by atoms with Gasteiger partial charge < -0.3 is 14.8 Å². The lowest BCUT2D eigenvalue weighted by Gasteiger charge is -2.17. The number of ether oxygens (including phenoxy) is 2. The van der Waals surface area contributed by atoms with Crippen LogP contribution in [0.3, 0.4) is 0 Å². The highest BCUT2D eigenvalue weighted by Crippen LogP contribution is 2.32. The number of hydrazone groups is 1. The van der Waals surface area contributed by atoms with Crippen molar-refractivity contribution in [3.8, 4) is 11.5 Å². The molecule has 0 saturated heterocycles. The number of nitrogens with one attached hydrogen (secondary N) is 2. The highest BCUT2D eigenvalue weighted by atomic mass is 32.2. The van der Waals surface area contributed by atoms with E-state index in [1.807, 2.05) is 18.2 Å². The predicted octanol–water partition coefficient (Wildman–Crippen LogP) is 3.42. The van der Waals surface area contributed by atoms with Gasteiger partial charge in [0.05, 0.1) is 5.71 Å². The monoisotopic (exact) mass is 389 g/mol. The van der Waals surface area contributed by atoms with E-state index in [2.05, 4.69) is 15.8 Å². The lowest BCUT2D eigenvalue weighted by atomic mass is 10.1. The molecule has 0 saturated carbocycles. The quantitative estimate of drug-likeness (QED) is 0.620. The first-order valence-electron chi connectivity index (χ1n) is 8.11. The van der Waals surface area contributed by atoms with Crippen molar-refractivity contribution in [2.45, 2.75) is 17.9 Å². The first-order chi connectivity index (χ1) is 12.7. The van der Waals surface area contributed by atoms with Crippen LogP contribution in [0.4, 0.5) is 4.39 Å². The number of hydrogen-bond donors (Lipinski definition) is 2. The van der Waals surface area contributed by atoms with Crippen molar-refractivity contribution in [1.29, 1.82) is 0 Å². The van der Waals surface area contributed by atoms with Gasteiger partial charge in [-0.15, -0.1) is 11.8 Å². The van der Waals surface area contributed by atoms with Crippen molar-refractivity contribution in [3.63, 3.8) is 0 Å². The number of thioether (sulfide) groups is 1. The van der Waals surface area contributed by atoms with Crippen LogP contribution in [0.2, 0.25) is 0 Å². The molecule has 0 aromatic heterocycles. The molecule has 26 heavy (non-hydrogen) atoms. The van der Waals surface area contributed by atoms with Crippen LogP contribution >= 0.6 is 24.0 Å². The van der Waals surface area contributed by atoms with E-state index in [4.69, 9.17) is 21.7 Å². The third-order valence-corrected chi connectivity index (χ3v) is 5.34. The molecule has 2 aliphatic rings. The number of benzene rings is 2. The lowest BCUT2D eigenvalue weighted by Crippen LogP contribution is -2.32. The molecule has 0 radical (unpaired) electrons. The number of thiocarbonyl (C=S) groups is 1. The summed E-state index contributed by atoms with van der Waals surface area (Å²) in [7, 11) is 0. The minimum absolute atomic E-state index is 0.254. The fourth-order valence-corrected chi connectivity index (χ4v) is 3.88. The standard InChI is InChI=1S/C18H16FN3O2S2/c19-12-2-4-17-13(8-12)14(5-6-26-17)21-22-18(25)20-9-11-1-3-15-16(7-11)24-10-23-15/h1-4,7-8H,5-6,9-10H2,(H2,20,22,25). The topological polar surface area (TPSA) is 54.9 Å². The van der Waals surface area contributed by atoms with Crippen molar-refractivity contribution >= 4 is 34.8 Å². The number of nitrogens with zero attached hydrogens (tertiary/aromatic N) is 1. The Morgan fingerprint density at radius 3 is 3.00 bits per heavy atom. The molecule has 0 atom stereocenters. The SMILES string of the molecule is Fc1ccc2c(c1)C(=NNC(=S)NCc1ccc3c(c1)OCO3)CCS2. The van der Waals surface area contributed by atoms with Gasteiger partial charge in [-0.2, -0.15) is 5.10 Å². The fourth-order valence-electron chi connectivity index (χ4n) is 2.75. The van der Waals surface area contributed by atoms with Crippen LogP contribution < -0.4 is 20.2 Å². The van der Waals surface area contributed by atoms with Gasteiger partial charge in [0.1, 0.15) is 5.82 Å². The minimum atomic E-state index is -0.262. The van der Waals surface area contributed by atoms with Crippen molar-refractivity contribution in [1.82, 2.24) is 10.7 Å². The van der Waals surface area contributed by atoms with Crippen molar-refractivity contribution in [3.05, 3.63) is 53.3 Å². The number of hydrogen-bond acceptors (Lipinski definition) is 5. The van der Waals surface area contributed by atoms with Crippen molar-refractivity contribution in [2.75, 3.05) is 12.5 Å². The number of fused-ring (bicyclic) bond motifs is 2. The second kappa shape index (κ2) is 7.51. The summed E-state index contributed by atoms with van der Waals surface area (Å²) in [6.45, 7) is 0.790. The first-order valence-corrected chi connectivity index (χ1v) is 9.50. The molecule has 5 nitrogen and oxygen atoms in total. The highest BCUT2D eigenvalue weighted by Gasteiger charge is 2.17. The van der Waals surface area contributed by atoms with Gasteiger partial charge in [-0.05, 0) is 48.1 Å². The second-order valence-corrected chi connectivity index (χ2v) is 7.32. The average molecular weight is 389 g/mol. The Bertz CT molecular complexity index is 889. The molecule has 0 bridgehead atoms. The molecule has 8 heteroatoms. The van der Waals surface area contributed by atoms with Gasteiger partial charge in [0.15, 0.2) is 16.6 Å². The van der Waals surface area contributed by atoms with Crippen LogP contribution in [0.5, 0.6) is 11.5 Å². The van der Waals surface area contributed by atoms with Gasteiger partial charge in [0, 0.05) is 29.2 Å². The summed E-state index contributed by atoms with van der Waals surface area (Å²) in [5.41, 5.74) is 5.51. The maximum atomic E-state index is 13.5. The predicted molar refractivity (Wildman–Crippen MR) is 103 cm³/mol. The molecule has 0 spiro atoms. The second-order valence-electron chi connectivity index (χ2n) is 5.78. The molecular formula is C18H16FN3O2S2. The van der Waals surface area contributed by atoms with E-state index in [1.54, 1.807) is 17.8 Å². The van der Waals surface area contributed by atoms with Crippen LogP contribution in [0.15, 0.2) is 46.4 Å². The molecule has 2 aromatic carbocycles. The van der Waals surface area contributed by atoms with E-state index < -0.39 is 0 Å². The molecule has 4 rings (SSSR count). The van der Waals surface area contributed by atoms with E-state index in [1.165, 1.54) is 12.1 Å². The Labute approximate surface area is 160 Å². The fraction of sp³-hybridized carbons (Fsp3) is 0.222. The van der Waals surface area contributed by atoms with Gasteiger partial charge in [0.2, 0.25) is 6.79 Å². The summed E-state index contributed by atoms with van der Waals surface area (Å²) in [5, 5.41) is 7.89. The van der Waals surface area contributed by atoms with Crippen LogP contribution in [-0.2, 0) is 6.54 Å². The highest BCUT2D eigenvalue weighted by molar-refractivity contribution is 7.99. The van der Waals surface area contributed by atoms with Crippen LogP contribution in [0.1, 0.15) is 17.5 Å². The van der Waals surface area contributed by atoms with E-state index >= 15 is 0 Å². The Kier molecular flexibility index (Phi) is 4.94. The maximum Gasteiger partial charge on any atom is 0.231 e. The average Bonchev–Trinajstić information content (AvgIpc) is 3.12. The van der Waals surface area contributed by atoms with Crippen molar-refractivity contribution < 1.29 is 13.9 Å². The smallest absolute Gasteiger partial charge is 0.231 e. The number of halogens is 1. The van der Waals surface area contributed by atoms with E-state index in [0.717, 1.165) is 45.4 Å². The van der Waals surface area contributed by atoms with Gasteiger partial charge in [-0.3, -0.25) is 5.43 Å². The largest absolute Gasteiger partial charge is 0.454 e. The Balaban J connectivity index is 1.37. The number of rotatable bonds is 3. The molecule has 2 aromatic rings. The third-order valence-electron chi connectivity index (χ3n) is 4.03. The maximum absolute atomic E-state index is 13.5. The van der Waals surface area contributed by atoms with Crippen LogP contribution in [-0.4, -0.2) is 23.4 Å². The molecular weight excluding hydrogens is 373 g/mol. The Morgan fingerprint density at radius 2 is 2.08 bits per heavy atom. The van der Waals surface area contributed by atoms with Gasteiger partial charge in [0.25, 0.3) is 0 Å². The summed E-state index contributed by atoms with van der Waals surface area (Å²) >= 11 is 6.99. The summed E-state index contributed by atoms with van der Waals surface area (Å²) in [4.78, 5) is 1.04. The summed E-state index contributed by atoms with van der Waals surface area (Å²) in [6, 6.07) is 10.5. The lowest BCUT2D eigenvalue weighted by molar-refractivity contribution is 0.174. The summed E-state index contributed by atoms with van der Waals surface area (Å²) in [5.74, 6) is 2.14. The van der Waals surface area contributed by atoms with E-state index in [-0.39, 0.29) is 12.6 Å². The van der Waals surface area contributed by atoms with Gasteiger partial charge >= 0.3 is 0 Å². The normalized spacial score (nSPS) is 16.3. The molecule has 0 amide bonds. The molecule has 2 heterocycles.